The third-order valence-corrected chi connectivity index (χ3v) is 6.81. The van der Waals surface area contributed by atoms with Crippen LogP contribution in [-0.4, -0.2) is 59.6 Å². The first kappa shape index (κ1) is 22.3. The Kier molecular flexibility index (Phi) is 19.6. The molecule has 0 heterocycles. The highest BCUT2D eigenvalue weighted by Gasteiger charge is 2.07. The van der Waals surface area contributed by atoms with E-state index >= 15 is 0 Å². The summed E-state index contributed by atoms with van der Waals surface area (Å²) in [6.07, 6.45) is 16.3. The molecule has 0 N–H and O–H groups in total. The molecule has 0 atom stereocenters. The predicted molar refractivity (Wildman–Crippen MR) is 98.7 cm³/mol. The fraction of sp³-hybridized carbons (Fsp3) is 1.00. The molecular weight excluding hydrogens is 295 g/mol. The third-order valence-electron chi connectivity index (χ3n) is 3.97. The average Bonchev–Trinajstić information content (AvgIpc) is 2.53. The van der Waals surface area contributed by atoms with Gasteiger partial charge in [-0.3, -0.25) is 0 Å². The molecule has 3 nitrogen and oxygen atoms in total. The Balaban J connectivity index is 3.72. The van der Waals surface area contributed by atoms with Crippen molar-refractivity contribution in [3.63, 3.8) is 0 Å². The largest absolute Gasteiger partial charge is 0.385 e. The van der Waals surface area contributed by atoms with Gasteiger partial charge in [0.25, 0.3) is 0 Å². The highest BCUT2D eigenvalue weighted by atomic mass is 31.1. The number of methoxy groups -OCH3 is 3. The van der Waals surface area contributed by atoms with E-state index in [1.807, 2.05) is 0 Å². The molecule has 0 saturated carbocycles. The van der Waals surface area contributed by atoms with Gasteiger partial charge in [-0.2, -0.15) is 0 Å². The van der Waals surface area contributed by atoms with Gasteiger partial charge in [-0.05, 0) is 57.0 Å². The molecule has 0 aromatic rings. The summed E-state index contributed by atoms with van der Waals surface area (Å²) in [4.78, 5) is 0. The van der Waals surface area contributed by atoms with Crippen LogP contribution < -0.4 is 0 Å². The van der Waals surface area contributed by atoms with E-state index in [0.29, 0.717) is 0 Å². The molecule has 0 unspecified atom stereocenters. The van der Waals surface area contributed by atoms with Gasteiger partial charge in [-0.25, -0.2) is 0 Å². The van der Waals surface area contributed by atoms with Crippen molar-refractivity contribution in [2.24, 2.45) is 0 Å². The average molecular weight is 334 g/mol. The van der Waals surface area contributed by atoms with Crippen LogP contribution in [0.3, 0.4) is 0 Å². The Bertz CT molecular complexity index is 169. The third kappa shape index (κ3) is 16.7. The van der Waals surface area contributed by atoms with Crippen LogP contribution in [0.1, 0.15) is 57.8 Å². The number of rotatable bonds is 18. The van der Waals surface area contributed by atoms with Crippen LogP contribution in [0.2, 0.25) is 0 Å². The maximum atomic E-state index is 5.14. The molecule has 0 aromatic carbocycles. The molecule has 4 heteroatoms. The molecule has 0 saturated heterocycles. The van der Waals surface area contributed by atoms with Crippen LogP contribution in [-0.2, 0) is 14.2 Å². The van der Waals surface area contributed by atoms with Crippen LogP contribution in [0.15, 0.2) is 0 Å². The van der Waals surface area contributed by atoms with Gasteiger partial charge >= 0.3 is 0 Å². The lowest BCUT2D eigenvalue weighted by atomic mass is 10.2. The van der Waals surface area contributed by atoms with Gasteiger partial charge in [-0.15, -0.1) is 7.92 Å². The minimum Gasteiger partial charge on any atom is -0.385 e. The van der Waals surface area contributed by atoms with Crippen molar-refractivity contribution in [1.82, 2.24) is 0 Å². The first-order valence-corrected chi connectivity index (χ1v) is 10.9. The van der Waals surface area contributed by atoms with Crippen molar-refractivity contribution in [1.29, 1.82) is 0 Å². The fourth-order valence-electron chi connectivity index (χ4n) is 2.61. The number of ether oxygens (including phenoxy) is 3. The summed E-state index contributed by atoms with van der Waals surface area (Å²) >= 11 is 0. The van der Waals surface area contributed by atoms with Gasteiger partial charge < -0.3 is 14.2 Å². The molecule has 0 radical (unpaired) electrons. The standard InChI is InChI=1S/C18H39O3P/c1-19-13-7-4-10-16-22(17-11-5-8-14-20-2)18-12-6-9-15-21-3/h4-18H2,1-3H3. The van der Waals surface area contributed by atoms with Crippen molar-refractivity contribution in [3.05, 3.63) is 0 Å². The summed E-state index contributed by atoms with van der Waals surface area (Å²) in [5.41, 5.74) is 0. The second-order valence-electron chi connectivity index (χ2n) is 6.00. The molecule has 22 heavy (non-hydrogen) atoms. The molecule has 0 aromatic heterocycles. The van der Waals surface area contributed by atoms with E-state index in [1.54, 1.807) is 21.3 Å². The first-order chi connectivity index (χ1) is 10.8. The molecule has 0 aliphatic rings. The zero-order valence-electron chi connectivity index (χ0n) is 15.3. The van der Waals surface area contributed by atoms with Crippen molar-refractivity contribution in [2.45, 2.75) is 57.8 Å². The smallest absolute Gasteiger partial charge is 0.0462 e. The Labute approximate surface area is 140 Å². The van der Waals surface area contributed by atoms with Crippen LogP contribution in [0.25, 0.3) is 0 Å². The molecule has 0 rings (SSSR count). The Morgan fingerprint density at radius 3 is 1.05 bits per heavy atom. The summed E-state index contributed by atoms with van der Waals surface area (Å²) in [6.45, 7) is 2.77. The van der Waals surface area contributed by atoms with E-state index in [0.717, 1.165) is 19.8 Å². The Morgan fingerprint density at radius 2 is 0.773 bits per heavy atom. The van der Waals surface area contributed by atoms with Gasteiger partial charge in [0.05, 0.1) is 0 Å². The van der Waals surface area contributed by atoms with Gasteiger partial charge in [0.1, 0.15) is 0 Å². The molecular formula is C18H39O3P. The summed E-state index contributed by atoms with van der Waals surface area (Å²) in [5.74, 6) is 0. The van der Waals surface area contributed by atoms with Crippen molar-refractivity contribution >= 4 is 7.92 Å². The maximum Gasteiger partial charge on any atom is 0.0462 e. The lowest BCUT2D eigenvalue weighted by molar-refractivity contribution is 0.192. The highest BCUT2D eigenvalue weighted by molar-refractivity contribution is 7.57. The molecule has 134 valence electrons. The van der Waals surface area contributed by atoms with Crippen LogP contribution in [0.5, 0.6) is 0 Å². The van der Waals surface area contributed by atoms with E-state index in [-0.39, 0.29) is 7.92 Å². The highest BCUT2D eigenvalue weighted by Crippen LogP contribution is 2.39. The molecule has 0 fully saturated rings. The second kappa shape index (κ2) is 19.4. The summed E-state index contributed by atoms with van der Waals surface area (Å²) in [5, 5.41) is 0. The van der Waals surface area contributed by atoms with Gasteiger partial charge in [0, 0.05) is 41.2 Å². The second-order valence-corrected chi connectivity index (χ2v) is 8.69. The van der Waals surface area contributed by atoms with Gasteiger partial charge in [0.15, 0.2) is 0 Å². The van der Waals surface area contributed by atoms with Crippen LogP contribution in [0, 0.1) is 0 Å². The molecule has 0 amide bonds. The van der Waals surface area contributed by atoms with E-state index in [9.17, 15) is 0 Å². The number of hydrogen-bond donors (Lipinski definition) is 0. The minimum atomic E-state index is 0.254. The van der Waals surface area contributed by atoms with Crippen LogP contribution in [0.4, 0.5) is 0 Å². The minimum absolute atomic E-state index is 0.254. The normalized spacial score (nSPS) is 11.5. The quantitative estimate of drug-likeness (QED) is 0.263. The fourth-order valence-corrected chi connectivity index (χ4v) is 5.29. The molecule has 0 aliphatic heterocycles. The summed E-state index contributed by atoms with van der Waals surface area (Å²) in [6, 6.07) is 0. The van der Waals surface area contributed by atoms with Crippen molar-refractivity contribution in [2.75, 3.05) is 59.6 Å². The van der Waals surface area contributed by atoms with Crippen molar-refractivity contribution in [3.8, 4) is 0 Å². The topological polar surface area (TPSA) is 27.7 Å². The zero-order chi connectivity index (χ0) is 16.3. The van der Waals surface area contributed by atoms with E-state index < -0.39 is 0 Å². The van der Waals surface area contributed by atoms with Gasteiger partial charge in [-0.1, -0.05) is 19.3 Å². The van der Waals surface area contributed by atoms with Crippen molar-refractivity contribution < 1.29 is 14.2 Å². The summed E-state index contributed by atoms with van der Waals surface area (Å²) < 4.78 is 15.4. The Hall–Kier alpha value is 0.310. The maximum absolute atomic E-state index is 5.14. The monoisotopic (exact) mass is 334 g/mol. The molecule has 0 bridgehead atoms. The van der Waals surface area contributed by atoms with Crippen LogP contribution >= 0.6 is 7.92 Å². The SMILES string of the molecule is COCCCCCP(CCCCCOC)CCCCCOC. The lowest BCUT2D eigenvalue weighted by Crippen LogP contribution is -1.99. The van der Waals surface area contributed by atoms with E-state index in [2.05, 4.69) is 0 Å². The lowest BCUT2D eigenvalue weighted by Gasteiger charge is -2.18. The summed E-state index contributed by atoms with van der Waals surface area (Å²) in [7, 11) is 5.65. The zero-order valence-corrected chi connectivity index (χ0v) is 16.2. The molecule has 0 spiro atoms. The predicted octanol–water partition coefficient (Wildman–Crippen LogP) is 4.92. The first-order valence-electron chi connectivity index (χ1n) is 9.04. The molecule has 0 aliphatic carbocycles. The number of hydrogen-bond acceptors (Lipinski definition) is 3. The number of unbranched alkanes of at least 4 members (excludes halogenated alkanes) is 6. The van der Waals surface area contributed by atoms with Gasteiger partial charge in [0.2, 0.25) is 0 Å². The van der Waals surface area contributed by atoms with E-state index in [4.69, 9.17) is 14.2 Å². The van der Waals surface area contributed by atoms with E-state index in [1.165, 1.54) is 76.3 Å². The Morgan fingerprint density at radius 1 is 0.455 bits per heavy atom.